The Kier molecular flexibility index (Phi) is 5.27. The SMILES string of the molecule is CCNc1ccc(/C=C/c2cc(OC)cc(OC)c2)cc1. The third kappa shape index (κ3) is 4.28. The van der Waals surface area contributed by atoms with Crippen LogP contribution in [0.4, 0.5) is 5.69 Å². The molecule has 0 aliphatic carbocycles. The van der Waals surface area contributed by atoms with Crippen molar-refractivity contribution in [3.05, 3.63) is 53.6 Å². The Morgan fingerprint density at radius 1 is 0.857 bits per heavy atom. The molecule has 2 aromatic carbocycles. The van der Waals surface area contributed by atoms with Crippen LogP contribution in [0.25, 0.3) is 12.2 Å². The zero-order valence-corrected chi connectivity index (χ0v) is 12.7. The zero-order valence-electron chi connectivity index (χ0n) is 12.7. The number of rotatable bonds is 6. The average Bonchev–Trinajstić information content (AvgIpc) is 2.54. The predicted octanol–water partition coefficient (Wildman–Crippen LogP) is 4.31. The van der Waals surface area contributed by atoms with Gasteiger partial charge in [-0.1, -0.05) is 24.3 Å². The van der Waals surface area contributed by atoms with Gasteiger partial charge in [-0.15, -0.1) is 0 Å². The van der Waals surface area contributed by atoms with Crippen LogP contribution in [0, 0.1) is 0 Å². The van der Waals surface area contributed by atoms with Crippen LogP contribution in [0.1, 0.15) is 18.1 Å². The van der Waals surface area contributed by atoms with E-state index in [1.807, 2.05) is 24.3 Å². The summed E-state index contributed by atoms with van der Waals surface area (Å²) in [5.41, 5.74) is 3.33. The van der Waals surface area contributed by atoms with E-state index >= 15 is 0 Å². The van der Waals surface area contributed by atoms with Gasteiger partial charge in [0, 0.05) is 18.3 Å². The summed E-state index contributed by atoms with van der Waals surface area (Å²) in [4.78, 5) is 0. The van der Waals surface area contributed by atoms with Crippen molar-refractivity contribution in [2.45, 2.75) is 6.92 Å². The van der Waals surface area contributed by atoms with Crippen LogP contribution in [-0.2, 0) is 0 Å². The normalized spacial score (nSPS) is 10.6. The largest absolute Gasteiger partial charge is 0.497 e. The quantitative estimate of drug-likeness (QED) is 0.801. The smallest absolute Gasteiger partial charge is 0.123 e. The second-order valence-corrected chi connectivity index (χ2v) is 4.63. The number of hydrogen-bond acceptors (Lipinski definition) is 3. The molecule has 3 nitrogen and oxygen atoms in total. The molecule has 1 N–H and O–H groups in total. The minimum atomic E-state index is 0.788. The Hall–Kier alpha value is -2.42. The van der Waals surface area contributed by atoms with Gasteiger partial charge < -0.3 is 14.8 Å². The van der Waals surface area contributed by atoms with Crippen molar-refractivity contribution >= 4 is 17.8 Å². The molecule has 0 unspecified atom stereocenters. The Balaban J connectivity index is 2.16. The standard InChI is InChI=1S/C18H21NO2/c1-4-19-16-9-7-14(8-10-16)5-6-15-11-17(20-2)13-18(12-15)21-3/h5-13,19H,4H2,1-3H3/b6-5+. The van der Waals surface area contributed by atoms with E-state index in [9.17, 15) is 0 Å². The third-order valence-electron chi connectivity index (χ3n) is 3.13. The number of anilines is 1. The van der Waals surface area contributed by atoms with Crippen molar-refractivity contribution in [1.82, 2.24) is 0 Å². The van der Waals surface area contributed by atoms with Gasteiger partial charge in [0.1, 0.15) is 11.5 Å². The van der Waals surface area contributed by atoms with Crippen LogP contribution >= 0.6 is 0 Å². The predicted molar refractivity (Wildman–Crippen MR) is 89.1 cm³/mol. The summed E-state index contributed by atoms with van der Waals surface area (Å²) in [6, 6.07) is 14.2. The fourth-order valence-corrected chi connectivity index (χ4v) is 2.03. The van der Waals surface area contributed by atoms with Crippen molar-refractivity contribution in [3.63, 3.8) is 0 Å². The third-order valence-corrected chi connectivity index (χ3v) is 3.13. The molecule has 110 valence electrons. The summed E-state index contributed by atoms with van der Waals surface area (Å²) in [6.07, 6.45) is 4.12. The van der Waals surface area contributed by atoms with E-state index < -0.39 is 0 Å². The minimum absolute atomic E-state index is 0.788. The van der Waals surface area contributed by atoms with Gasteiger partial charge in [-0.3, -0.25) is 0 Å². The van der Waals surface area contributed by atoms with Gasteiger partial charge in [0.15, 0.2) is 0 Å². The lowest BCUT2D eigenvalue weighted by Gasteiger charge is -2.06. The van der Waals surface area contributed by atoms with Gasteiger partial charge in [-0.05, 0) is 42.3 Å². The second-order valence-electron chi connectivity index (χ2n) is 4.63. The van der Waals surface area contributed by atoms with Crippen molar-refractivity contribution in [2.75, 3.05) is 26.1 Å². The molecule has 0 saturated carbocycles. The lowest BCUT2D eigenvalue weighted by Crippen LogP contribution is -1.95. The molecule has 3 heteroatoms. The van der Waals surface area contributed by atoms with Gasteiger partial charge in [0.05, 0.1) is 14.2 Å². The Labute approximate surface area is 126 Å². The molecule has 0 aliphatic rings. The molecule has 2 rings (SSSR count). The van der Waals surface area contributed by atoms with Crippen molar-refractivity contribution < 1.29 is 9.47 Å². The van der Waals surface area contributed by atoms with Gasteiger partial charge in [-0.25, -0.2) is 0 Å². The van der Waals surface area contributed by atoms with Gasteiger partial charge >= 0.3 is 0 Å². The molecule has 0 atom stereocenters. The molecular weight excluding hydrogens is 262 g/mol. The molecule has 0 aromatic heterocycles. The van der Waals surface area contributed by atoms with E-state index in [4.69, 9.17) is 9.47 Å². The highest BCUT2D eigenvalue weighted by molar-refractivity contribution is 5.71. The monoisotopic (exact) mass is 283 g/mol. The number of nitrogens with one attached hydrogen (secondary N) is 1. The van der Waals surface area contributed by atoms with Crippen LogP contribution < -0.4 is 14.8 Å². The lowest BCUT2D eigenvalue weighted by atomic mass is 10.1. The molecular formula is C18H21NO2. The Morgan fingerprint density at radius 3 is 1.95 bits per heavy atom. The summed E-state index contributed by atoms with van der Waals surface area (Å²) in [5, 5.41) is 3.28. The van der Waals surface area contributed by atoms with Crippen molar-refractivity contribution in [3.8, 4) is 11.5 Å². The van der Waals surface area contributed by atoms with Crippen LogP contribution in [0.5, 0.6) is 11.5 Å². The van der Waals surface area contributed by atoms with Crippen molar-refractivity contribution in [1.29, 1.82) is 0 Å². The summed E-state index contributed by atoms with van der Waals surface area (Å²) in [7, 11) is 3.31. The van der Waals surface area contributed by atoms with Crippen LogP contribution in [0.3, 0.4) is 0 Å². The zero-order chi connectivity index (χ0) is 15.1. The molecule has 0 aliphatic heterocycles. The van der Waals surface area contributed by atoms with E-state index in [0.717, 1.165) is 34.9 Å². The first-order chi connectivity index (χ1) is 10.2. The molecule has 0 heterocycles. The highest BCUT2D eigenvalue weighted by Gasteiger charge is 1.99. The van der Waals surface area contributed by atoms with E-state index in [-0.39, 0.29) is 0 Å². The molecule has 0 bridgehead atoms. The van der Waals surface area contributed by atoms with Crippen LogP contribution in [0.15, 0.2) is 42.5 Å². The lowest BCUT2D eigenvalue weighted by molar-refractivity contribution is 0.394. The van der Waals surface area contributed by atoms with E-state index in [0.29, 0.717) is 0 Å². The van der Waals surface area contributed by atoms with E-state index in [2.05, 4.69) is 42.6 Å². The van der Waals surface area contributed by atoms with Gasteiger partial charge in [0.2, 0.25) is 0 Å². The van der Waals surface area contributed by atoms with E-state index in [1.54, 1.807) is 14.2 Å². The maximum atomic E-state index is 5.27. The molecule has 0 saturated heterocycles. The summed E-state index contributed by atoms with van der Waals surface area (Å²) < 4.78 is 10.5. The fourth-order valence-electron chi connectivity index (χ4n) is 2.03. The van der Waals surface area contributed by atoms with Gasteiger partial charge in [0.25, 0.3) is 0 Å². The van der Waals surface area contributed by atoms with Gasteiger partial charge in [-0.2, -0.15) is 0 Å². The number of benzene rings is 2. The number of methoxy groups -OCH3 is 2. The van der Waals surface area contributed by atoms with Crippen LogP contribution in [-0.4, -0.2) is 20.8 Å². The first kappa shape index (κ1) is 15.0. The first-order valence-electron chi connectivity index (χ1n) is 7.00. The second kappa shape index (κ2) is 7.39. The molecule has 0 radical (unpaired) electrons. The van der Waals surface area contributed by atoms with E-state index in [1.165, 1.54) is 0 Å². The molecule has 2 aromatic rings. The molecule has 21 heavy (non-hydrogen) atoms. The first-order valence-corrected chi connectivity index (χ1v) is 7.00. The maximum Gasteiger partial charge on any atom is 0.123 e. The minimum Gasteiger partial charge on any atom is -0.497 e. The number of hydrogen-bond donors (Lipinski definition) is 1. The average molecular weight is 283 g/mol. The molecule has 0 fully saturated rings. The Bertz CT molecular complexity index is 581. The summed E-state index contributed by atoms with van der Waals surface area (Å²) in [5.74, 6) is 1.58. The Morgan fingerprint density at radius 2 is 1.43 bits per heavy atom. The highest BCUT2D eigenvalue weighted by Crippen LogP contribution is 2.24. The fraction of sp³-hybridized carbons (Fsp3) is 0.222. The maximum absolute atomic E-state index is 5.27. The highest BCUT2D eigenvalue weighted by atomic mass is 16.5. The molecule has 0 spiro atoms. The topological polar surface area (TPSA) is 30.5 Å². The summed E-state index contributed by atoms with van der Waals surface area (Å²) >= 11 is 0. The number of ether oxygens (including phenoxy) is 2. The summed E-state index contributed by atoms with van der Waals surface area (Å²) in [6.45, 7) is 3.02. The molecule has 0 amide bonds. The van der Waals surface area contributed by atoms with Crippen molar-refractivity contribution in [2.24, 2.45) is 0 Å². The van der Waals surface area contributed by atoms with Crippen LogP contribution in [0.2, 0.25) is 0 Å².